The zero-order valence-electron chi connectivity index (χ0n) is 7.23. The Labute approximate surface area is 75.0 Å². The fraction of sp³-hybridized carbons (Fsp3) is 0.714. The molecule has 1 unspecified atom stereocenters. The Hall–Kier alpha value is -1.30. The van der Waals surface area contributed by atoms with Gasteiger partial charge in [-0.05, 0) is 0 Å². The molecule has 1 atom stereocenters. The van der Waals surface area contributed by atoms with E-state index in [0.29, 0.717) is 6.42 Å². The molecule has 0 spiro atoms. The van der Waals surface area contributed by atoms with Crippen LogP contribution in [0.25, 0.3) is 0 Å². The quantitative estimate of drug-likeness (QED) is 0.602. The molecule has 1 amide bonds. The number of carbonyl (C=O) groups excluding carboxylic acids is 2. The van der Waals surface area contributed by atoms with Gasteiger partial charge in [0.15, 0.2) is 6.73 Å². The fourth-order valence-electron chi connectivity index (χ4n) is 1.06. The van der Waals surface area contributed by atoms with Gasteiger partial charge < -0.3 is 14.6 Å². The Kier molecular flexibility index (Phi) is 3.07. The second-order valence-corrected chi connectivity index (χ2v) is 2.61. The molecular weight excluding hydrogens is 178 g/mol. The lowest BCUT2D eigenvalue weighted by atomic mass is 10.4. The molecule has 0 aromatic heterocycles. The minimum absolute atomic E-state index is 0.226. The number of aliphatic hydroxyl groups excluding tert-OH is 1. The molecule has 0 bridgehead atoms. The van der Waals surface area contributed by atoms with Gasteiger partial charge >= 0.3 is 6.16 Å². The zero-order chi connectivity index (χ0) is 9.84. The summed E-state index contributed by atoms with van der Waals surface area (Å²) in [7, 11) is 1.17. The van der Waals surface area contributed by atoms with Crippen LogP contribution in [0.2, 0.25) is 0 Å². The Morgan fingerprint density at radius 3 is 2.92 bits per heavy atom. The van der Waals surface area contributed by atoms with Crippen molar-refractivity contribution in [3.63, 3.8) is 0 Å². The van der Waals surface area contributed by atoms with Crippen LogP contribution < -0.4 is 0 Å². The molecule has 1 aliphatic heterocycles. The Morgan fingerprint density at radius 1 is 1.77 bits per heavy atom. The molecule has 0 saturated carbocycles. The molecular formula is C7H11NO5. The number of aliphatic hydroxyl groups is 1. The predicted molar refractivity (Wildman–Crippen MR) is 40.4 cm³/mol. The Bertz CT molecular complexity index is 217. The smallest absolute Gasteiger partial charge is 0.438 e. The van der Waals surface area contributed by atoms with E-state index in [1.807, 2.05) is 0 Å². The molecule has 1 saturated heterocycles. The van der Waals surface area contributed by atoms with Gasteiger partial charge in [-0.15, -0.1) is 0 Å². The first kappa shape index (κ1) is 9.79. The van der Waals surface area contributed by atoms with Crippen LogP contribution in [0.5, 0.6) is 0 Å². The van der Waals surface area contributed by atoms with E-state index in [0.717, 1.165) is 4.90 Å². The standard InChI is InChI=1S/C7H11NO5/c1-12-7(11)13-4-8-5(9)2-3-6(8)10/h5,9H,2-4H2,1H3. The summed E-state index contributed by atoms with van der Waals surface area (Å²) in [5.41, 5.74) is 0. The van der Waals surface area contributed by atoms with Crippen molar-refractivity contribution in [1.82, 2.24) is 4.90 Å². The van der Waals surface area contributed by atoms with Crippen LogP contribution in [0.15, 0.2) is 0 Å². The van der Waals surface area contributed by atoms with E-state index in [2.05, 4.69) is 9.47 Å². The number of hydrogen-bond acceptors (Lipinski definition) is 5. The van der Waals surface area contributed by atoms with Crippen molar-refractivity contribution in [1.29, 1.82) is 0 Å². The highest BCUT2D eigenvalue weighted by Crippen LogP contribution is 2.15. The Balaban J connectivity index is 2.35. The number of methoxy groups -OCH3 is 1. The molecule has 13 heavy (non-hydrogen) atoms. The van der Waals surface area contributed by atoms with E-state index >= 15 is 0 Å². The SMILES string of the molecule is COC(=O)OCN1C(=O)CCC1O. The highest BCUT2D eigenvalue weighted by molar-refractivity contribution is 5.78. The third kappa shape index (κ3) is 2.32. The van der Waals surface area contributed by atoms with Crippen LogP contribution in [0.3, 0.4) is 0 Å². The molecule has 0 radical (unpaired) electrons. The van der Waals surface area contributed by atoms with Crippen LogP contribution in [0.1, 0.15) is 12.8 Å². The summed E-state index contributed by atoms with van der Waals surface area (Å²) in [6.45, 7) is -0.257. The third-order valence-electron chi connectivity index (χ3n) is 1.78. The number of ether oxygens (including phenoxy) is 2. The maximum absolute atomic E-state index is 11.0. The summed E-state index contributed by atoms with van der Waals surface area (Å²) >= 11 is 0. The van der Waals surface area contributed by atoms with Crippen LogP contribution in [-0.4, -0.2) is 42.1 Å². The van der Waals surface area contributed by atoms with Gasteiger partial charge in [0.25, 0.3) is 0 Å². The second kappa shape index (κ2) is 4.08. The molecule has 74 valence electrons. The molecule has 1 N–H and O–H groups in total. The third-order valence-corrected chi connectivity index (χ3v) is 1.78. The van der Waals surface area contributed by atoms with Crippen molar-refractivity contribution in [3.05, 3.63) is 0 Å². The summed E-state index contributed by atoms with van der Waals surface area (Å²) in [4.78, 5) is 22.6. The number of likely N-dealkylation sites (tertiary alicyclic amines) is 1. The maximum atomic E-state index is 11.0. The van der Waals surface area contributed by atoms with Gasteiger partial charge in [0.1, 0.15) is 6.23 Å². The molecule has 0 aromatic rings. The number of nitrogens with zero attached hydrogens (tertiary/aromatic N) is 1. The molecule has 1 heterocycles. The van der Waals surface area contributed by atoms with E-state index < -0.39 is 12.4 Å². The molecule has 1 rings (SSSR count). The first-order chi connectivity index (χ1) is 6.15. The average molecular weight is 189 g/mol. The van der Waals surface area contributed by atoms with Crippen molar-refractivity contribution in [2.24, 2.45) is 0 Å². The number of rotatable bonds is 2. The van der Waals surface area contributed by atoms with Gasteiger partial charge in [0.2, 0.25) is 5.91 Å². The van der Waals surface area contributed by atoms with Crippen LogP contribution in [0.4, 0.5) is 4.79 Å². The fourth-order valence-corrected chi connectivity index (χ4v) is 1.06. The first-order valence-corrected chi connectivity index (χ1v) is 3.83. The normalized spacial score (nSPS) is 21.8. The van der Waals surface area contributed by atoms with E-state index in [9.17, 15) is 14.7 Å². The monoisotopic (exact) mass is 189 g/mol. The maximum Gasteiger partial charge on any atom is 0.509 e. The summed E-state index contributed by atoms with van der Waals surface area (Å²) in [5.74, 6) is -0.226. The highest BCUT2D eigenvalue weighted by atomic mass is 16.7. The van der Waals surface area contributed by atoms with Crippen molar-refractivity contribution >= 4 is 12.1 Å². The molecule has 0 aromatic carbocycles. The van der Waals surface area contributed by atoms with Crippen molar-refractivity contribution < 1.29 is 24.2 Å². The van der Waals surface area contributed by atoms with E-state index in [-0.39, 0.29) is 19.1 Å². The second-order valence-electron chi connectivity index (χ2n) is 2.61. The molecule has 6 nitrogen and oxygen atoms in total. The average Bonchev–Trinajstić information content (AvgIpc) is 2.43. The number of hydrogen-bond donors (Lipinski definition) is 1. The molecule has 6 heteroatoms. The summed E-state index contributed by atoms with van der Waals surface area (Å²) in [5, 5.41) is 9.22. The number of carbonyl (C=O) groups is 2. The van der Waals surface area contributed by atoms with Gasteiger partial charge in [-0.3, -0.25) is 9.69 Å². The van der Waals surface area contributed by atoms with Crippen LogP contribution in [0, 0.1) is 0 Å². The van der Waals surface area contributed by atoms with Crippen molar-refractivity contribution in [2.75, 3.05) is 13.8 Å². The Morgan fingerprint density at radius 2 is 2.46 bits per heavy atom. The van der Waals surface area contributed by atoms with Crippen LogP contribution in [-0.2, 0) is 14.3 Å². The van der Waals surface area contributed by atoms with Gasteiger partial charge in [0.05, 0.1) is 7.11 Å². The topological polar surface area (TPSA) is 76.1 Å². The van der Waals surface area contributed by atoms with Gasteiger partial charge in [-0.25, -0.2) is 4.79 Å². The lowest BCUT2D eigenvalue weighted by Gasteiger charge is -2.18. The molecule has 0 aliphatic carbocycles. The van der Waals surface area contributed by atoms with E-state index in [1.54, 1.807) is 0 Å². The van der Waals surface area contributed by atoms with Gasteiger partial charge in [0, 0.05) is 12.8 Å². The number of amides is 1. The molecule has 1 fully saturated rings. The van der Waals surface area contributed by atoms with E-state index in [1.165, 1.54) is 7.11 Å². The highest BCUT2D eigenvalue weighted by Gasteiger charge is 2.29. The van der Waals surface area contributed by atoms with Gasteiger partial charge in [-0.1, -0.05) is 0 Å². The van der Waals surface area contributed by atoms with Crippen molar-refractivity contribution in [2.45, 2.75) is 19.1 Å². The minimum atomic E-state index is -0.869. The van der Waals surface area contributed by atoms with Crippen LogP contribution >= 0.6 is 0 Å². The summed E-state index contributed by atoms with van der Waals surface area (Å²) < 4.78 is 8.70. The lowest BCUT2D eigenvalue weighted by Crippen LogP contribution is -2.35. The summed E-state index contributed by atoms with van der Waals surface area (Å²) in [6, 6.07) is 0. The minimum Gasteiger partial charge on any atom is -0.438 e. The largest absolute Gasteiger partial charge is 0.509 e. The van der Waals surface area contributed by atoms with Crippen molar-refractivity contribution in [3.8, 4) is 0 Å². The molecule has 1 aliphatic rings. The summed E-state index contributed by atoms with van der Waals surface area (Å²) in [6.07, 6.45) is -1.06. The van der Waals surface area contributed by atoms with Gasteiger partial charge in [-0.2, -0.15) is 0 Å². The van der Waals surface area contributed by atoms with E-state index in [4.69, 9.17) is 0 Å². The zero-order valence-corrected chi connectivity index (χ0v) is 7.23. The first-order valence-electron chi connectivity index (χ1n) is 3.83. The lowest BCUT2D eigenvalue weighted by molar-refractivity contribution is -0.139. The predicted octanol–water partition coefficient (Wildman–Crippen LogP) is -0.332.